The Morgan fingerprint density at radius 1 is 0.926 bits per heavy atom. The predicted octanol–water partition coefficient (Wildman–Crippen LogP) is 5.41. The molecule has 1 saturated heterocycles. The van der Waals surface area contributed by atoms with E-state index in [0.717, 1.165) is 25.1 Å². The molecule has 0 bridgehead atoms. The van der Waals surface area contributed by atoms with Gasteiger partial charge < -0.3 is 4.90 Å². The first-order chi connectivity index (χ1) is 13.2. The van der Waals surface area contributed by atoms with Crippen molar-refractivity contribution < 1.29 is 9.18 Å². The number of hydrogen-bond acceptors (Lipinski definition) is 2. The summed E-state index contributed by atoms with van der Waals surface area (Å²) in [7, 11) is 0. The summed E-state index contributed by atoms with van der Waals surface area (Å²) >= 11 is 0. The van der Waals surface area contributed by atoms with Gasteiger partial charge in [0.1, 0.15) is 5.82 Å². The van der Waals surface area contributed by atoms with Gasteiger partial charge in [-0.15, -0.1) is 0 Å². The molecule has 1 aliphatic heterocycles. The summed E-state index contributed by atoms with van der Waals surface area (Å²) in [6, 6.07) is 14.2. The zero-order valence-corrected chi connectivity index (χ0v) is 15.5. The van der Waals surface area contributed by atoms with Gasteiger partial charge in [-0.05, 0) is 60.4 Å². The highest BCUT2D eigenvalue weighted by atomic mass is 19.1. The maximum Gasteiger partial charge on any atom is 0.185 e. The third kappa shape index (κ3) is 3.87. The van der Waals surface area contributed by atoms with E-state index < -0.39 is 0 Å². The first-order valence-corrected chi connectivity index (χ1v) is 9.77. The summed E-state index contributed by atoms with van der Waals surface area (Å²) in [5.74, 6) is -0.423. The molecule has 2 aromatic rings. The molecule has 1 heterocycles. The van der Waals surface area contributed by atoms with Gasteiger partial charge in [0, 0.05) is 36.3 Å². The van der Waals surface area contributed by atoms with Crippen LogP contribution in [0.15, 0.2) is 66.4 Å². The van der Waals surface area contributed by atoms with Crippen LogP contribution in [0.1, 0.15) is 47.2 Å². The number of carbonyl (C=O) groups excluding carboxylic acids is 1. The zero-order valence-electron chi connectivity index (χ0n) is 15.5. The Labute approximate surface area is 160 Å². The molecule has 138 valence electrons. The lowest BCUT2D eigenvalue weighted by Crippen LogP contribution is -2.24. The fourth-order valence-electron chi connectivity index (χ4n) is 4.05. The van der Waals surface area contributed by atoms with Gasteiger partial charge in [-0.25, -0.2) is 4.39 Å². The minimum absolute atomic E-state index is 0.0953. The number of rotatable bonds is 4. The lowest BCUT2D eigenvalue weighted by atomic mass is 10.0. The highest BCUT2D eigenvalue weighted by Crippen LogP contribution is 2.36. The van der Waals surface area contributed by atoms with Crippen LogP contribution in [0, 0.1) is 5.82 Å². The Hall–Kier alpha value is -2.68. The number of ketones is 1. The standard InChI is InChI=1S/C24H24FNO/c25-20-11-9-18(10-12-20)24(27)14-13-22-21-8-4-3-7-19(21)17-23(22)26-15-5-1-2-6-16-26/h3-4,7-14H,1-2,5-6,15-17H2/b14-13-. The Balaban J connectivity index is 1.65. The molecule has 0 saturated carbocycles. The van der Waals surface area contributed by atoms with E-state index in [1.807, 2.05) is 6.08 Å². The van der Waals surface area contributed by atoms with E-state index in [0.29, 0.717) is 5.56 Å². The van der Waals surface area contributed by atoms with Gasteiger partial charge in [-0.1, -0.05) is 37.1 Å². The zero-order chi connectivity index (χ0) is 18.6. The molecular formula is C24H24FNO. The largest absolute Gasteiger partial charge is 0.374 e. The summed E-state index contributed by atoms with van der Waals surface area (Å²) < 4.78 is 13.1. The Morgan fingerprint density at radius 3 is 2.37 bits per heavy atom. The van der Waals surface area contributed by atoms with Crippen molar-refractivity contribution in [2.45, 2.75) is 32.1 Å². The van der Waals surface area contributed by atoms with Gasteiger partial charge in [0.2, 0.25) is 0 Å². The van der Waals surface area contributed by atoms with Crippen LogP contribution in [0.5, 0.6) is 0 Å². The maximum atomic E-state index is 13.1. The minimum atomic E-state index is -0.327. The number of halogens is 1. The molecule has 2 aromatic carbocycles. The van der Waals surface area contributed by atoms with Crippen LogP contribution >= 0.6 is 0 Å². The molecule has 0 amide bonds. The lowest BCUT2D eigenvalue weighted by Gasteiger charge is -2.25. The van der Waals surface area contributed by atoms with Crippen LogP contribution in [0.3, 0.4) is 0 Å². The van der Waals surface area contributed by atoms with Crippen molar-refractivity contribution in [2.24, 2.45) is 0 Å². The van der Waals surface area contributed by atoms with Crippen molar-refractivity contribution >= 4 is 11.4 Å². The van der Waals surface area contributed by atoms with Gasteiger partial charge in [0.15, 0.2) is 5.78 Å². The number of nitrogens with zero attached hydrogens (tertiary/aromatic N) is 1. The predicted molar refractivity (Wildman–Crippen MR) is 107 cm³/mol. The minimum Gasteiger partial charge on any atom is -0.374 e. The molecule has 2 aliphatic rings. The molecule has 0 atom stereocenters. The quantitative estimate of drug-likeness (QED) is 0.536. The number of fused-ring (bicyclic) bond motifs is 1. The number of likely N-dealkylation sites (tertiary alicyclic amines) is 1. The lowest BCUT2D eigenvalue weighted by molar-refractivity contribution is 0.104. The van der Waals surface area contributed by atoms with Gasteiger partial charge in [-0.2, -0.15) is 0 Å². The van der Waals surface area contributed by atoms with Gasteiger partial charge in [0.05, 0.1) is 0 Å². The van der Waals surface area contributed by atoms with Crippen molar-refractivity contribution in [3.63, 3.8) is 0 Å². The number of benzene rings is 2. The van der Waals surface area contributed by atoms with Crippen LogP contribution in [0.4, 0.5) is 4.39 Å². The van der Waals surface area contributed by atoms with E-state index >= 15 is 0 Å². The highest BCUT2D eigenvalue weighted by molar-refractivity contribution is 6.06. The topological polar surface area (TPSA) is 20.3 Å². The summed E-state index contributed by atoms with van der Waals surface area (Å²) in [6.45, 7) is 2.18. The van der Waals surface area contributed by atoms with Crippen LogP contribution < -0.4 is 0 Å². The summed E-state index contributed by atoms with van der Waals surface area (Å²) in [5.41, 5.74) is 5.55. The number of hydrogen-bond donors (Lipinski definition) is 0. The molecule has 0 unspecified atom stereocenters. The first-order valence-electron chi connectivity index (χ1n) is 9.77. The smallest absolute Gasteiger partial charge is 0.185 e. The molecule has 1 aliphatic carbocycles. The third-order valence-corrected chi connectivity index (χ3v) is 5.49. The van der Waals surface area contributed by atoms with E-state index in [1.54, 1.807) is 6.08 Å². The van der Waals surface area contributed by atoms with E-state index in [9.17, 15) is 9.18 Å². The number of carbonyl (C=O) groups is 1. The van der Waals surface area contributed by atoms with E-state index in [4.69, 9.17) is 0 Å². The van der Waals surface area contributed by atoms with Crippen molar-refractivity contribution in [3.8, 4) is 0 Å². The fourth-order valence-corrected chi connectivity index (χ4v) is 4.05. The molecule has 3 heteroatoms. The van der Waals surface area contributed by atoms with Crippen molar-refractivity contribution in [3.05, 3.63) is 88.9 Å². The second-order valence-electron chi connectivity index (χ2n) is 7.30. The molecule has 2 nitrogen and oxygen atoms in total. The van der Waals surface area contributed by atoms with Gasteiger partial charge in [-0.3, -0.25) is 4.79 Å². The van der Waals surface area contributed by atoms with Crippen LogP contribution in [0.25, 0.3) is 5.57 Å². The summed E-state index contributed by atoms with van der Waals surface area (Å²) in [5, 5.41) is 0. The summed E-state index contributed by atoms with van der Waals surface area (Å²) in [4.78, 5) is 15.0. The molecule has 27 heavy (non-hydrogen) atoms. The monoisotopic (exact) mass is 361 g/mol. The van der Waals surface area contributed by atoms with Gasteiger partial charge >= 0.3 is 0 Å². The molecular weight excluding hydrogens is 337 g/mol. The van der Waals surface area contributed by atoms with Crippen molar-refractivity contribution in [1.82, 2.24) is 4.90 Å². The second-order valence-corrected chi connectivity index (χ2v) is 7.30. The van der Waals surface area contributed by atoms with E-state index in [1.165, 1.54) is 66.8 Å². The molecule has 0 spiro atoms. The molecule has 0 radical (unpaired) electrons. The Kier molecular flexibility index (Phi) is 5.19. The molecule has 1 fully saturated rings. The SMILES string of the molecule is O=C(/C=C\C1=C(N2CCCCCC2)Cc2ccccc21)c1ccc(F)cc1. The van der Waals surface area contributed by atoms with Crippen LogP contribution in [-0.4, -0.2) is 23.8 Å². The van der Waals surface area contributed by atoms with Crippen LogP contribution in [-0.2, 0) is 6.42 Å². The second kappa shape index (κ2) is 7.91. The maximum absolute atomic E-state index is 13.1. The third-order valence-electron chi connectivity index (χ3n) is 5.49. The molecule has 0 aromatic heterocycles. The van der Waals surface area contributed by atoms with Crippen molar-refractivity contribution in [1.29, 1.82) is 0 Å². The Morgan fingerprint density at radius 2 is 1.63 bits per heavy atom. The summed E-state index contributed by atoms with van der Waals surface area (Å²) in [6.07, 6.45) is 9.56. The van der Waals surface area contributed by atoms with E-state index in [2.05, 4.69) is 29.2 Å². The first kappa shape index (κ1) is 17.7. The van der Waals surface area contributed by atoms with Gasteiger partial charge in [0.25, 0.3) is 0 Å². The average molecular weight is 361 g/mol. The fraction of sp³-hybridized carbons (Fsp3) is 0.292. The van der Waals surface area contributed by atoms with E-state index in [-0.39, 0.29) is 11.6 Å². The highest BCUT2D eigenvalue weighted by Gasteiger charge is 2.24. The average Bonchev–Trinajstić information content (AvgIpc) is 2.86. The number of allylic oxidation sites excluding steroid dienone is 4. The normalized spacial score (nSPS) is 17.3. The molecule has 0 N–H and O–H groups in total. The molecule has 4 rings (SSSR count). The van der Waals surface area contributed by atoms with Crippen LogP contribution in [0.2, 0.25) is 0 Å². The van der Waals surface area contributed by atoms with Crippen molar-refractivity contribution in [2.75, 3.05) is 13.1 Å². The Bertz CT molecular complexity index is 887.